The fourth-order valence-electron chi connectivity index (χ4n) is 1.30. The predicted octanol–water partition coefficient (Wildman–Crippen LogP) is 0.604. The summed E-state index contributed by atoms with van der Waals surface area (Å²) in [4.78, 5) is 12.3. The maximum atomic E-state index is 5.60. The van der Waals surface area contributed by atoms with Crippen molar-refractivity contribution in [3.05, 3.63) is 22.8 Å². The molecule has 0 aliphatic carbocycles. The molecule has 2 aromatic rings. The van der Waals surface area contributed by atoms with Gasteiger partial charge in [-0.3, -0.25) is 4.68 Å². The quantitative estimate of drug-likeness (QED) is 0.803. The predicted molar refractivity (Wildman–Crippen MR) is 67.3 cm³/mol. The van der Waals surface area contributed by atoms with Crippen molar-refractivity contribution in [3.63, 3.8) is 0 Å². The summed E-state index contributed by atoms with van der Waals surface area (Å²) < 4.78 is 2.33. The van der Waals surface area contributed by atoms with Crippen LogP contribution in [0.25, 0.3) is 0 Å². The lowest BCUT2D eigenvalue weighted by Gasteiger charge is -2.04. The van der Waals surface area contributed by atoms with Crippen molar-refractivity contribution < 1.29 is 0 Å². The first-order valence-electron chi connectivity index (χ1n) is 5.02. The van der Waals surface area contributed by atoms with Crippen LogP contribution in [0.4, 0.5) is 11.8 Å². The SMILES string of the molecule is Cn1cnc(CCNc2nc(N)cc(Br)n2)n1. The van der Waals surface area contributed by atoms with Crippen molar-refractivity contribution in [1.29, 1.82) is 0 Å². The van der Waals surface area contributed by atoms with Crippen LogP contribution in [0.2, 0.25) is 0 Å². The van der Waals surface area contributed by atoms with Crippen molar-refractivity contribution in [2.45, 2.75) is 6.42 Å². The lowest BCUT2D eigenvalue weighted by molar-refractivity contribution is 0.741. The van der Waals surface area contributed by atoms with E-state index in [-0.39, 0.29) is 0 Å². The largest absolute Gasteiger partial charge is 0.383 e. The number of aromatic nitrogens is 5. The molecule has 0 aliphatic heterocycles. The van der Waals surface area contributed by atoms with E-state index in [1.807, 2.05) is 7.05 Å². The average molecular weight is 298 g/mol. The minimum Gasteiger partial charge on any atom is -0.383 e. The summed E-state index contributed by atoms with van der Waals surface area (Å²) in [5.41, 5.74) is 5.60. The second-order valence-corrected chi connectivity index (χ2v) is 4.26. The van der Waals surface area contributed by atoms with Gasteiger partial charge in [-0.2, -0.15) is 10.1 Å². The molecule has 8 heteroatoms. The van der Waals surface area contributed by atoms with Crippen molar-refractivity contribution in [2.75, 3.05) is 17.6 Å². The van der Waals surface area contributed by atoms with Gasteiger partial charge in [0.25, 0.3) is 0 Å². The maximum absolute atomic E-state index is 5.60. The van der Waals surface area contributed by atoms with Crippen LogP contribution in [-0.2, 0) is 13.5 Å². The van der Waals surface area contributed by atoms with E-state index < -0.39 is 0 Å². The molecule has 0 amide bonds. The average Bonchev–Trinajstić information content (AvgIpc) is 2.63. The van der Waals surface area contributed by atoms with Crippen molar-refractivity contribution in [3.8, 4) is 0 Å². The van der Waals surface area contributed by atoms with Gasteiger partial charge in [0.15, 0.2) is 5.82 Å². The summed E-state index contributed by atoms with van der Waals surface area (Å²) in [5.74, 6) is 1.70. The highest BCUT2D eigenvalue weighted by atomic mass is 79.9. The molecular weight excluding hydrogens is 286 g/mol. The number of nitrogens with two attached hydrogens (primary N) is 1. The van der Waals surface area contributed by atoms with Crippen LogP contribution in [0, 0.1) is 0 Å². The van der Waals surface area contributed by atoms with Gasteiger partial charge in [0.1, 0.15) is 16.7 Å². The lowest BCUT2D eigenvalue weighted by Crippen LogP contribution is -2.10. The third-order valence-corrected chi connectivity index (χ3v) is 2.40. The molecule has 2 rings (SSSR count). The molecule has 17 heavy (non-hydrogen) atoms. The summed E-state index contributed by atoms with van der Waals surface area (Å²) in [6.45, 7) is 0.653. The number of halogens is 1. The second-order valence-electron chi connectivity index (χ2n) is 3.45. The van der Waals surface area contributed by atoms with Gasteiger partial charge in [-0.15, -0.1) is 0 Å². The maximum Gasteiger partial charge on any atom is 0.225 e. The molecule has 0 radical (unpaired) electrons. The summed E-state index contributed by atoms with van der Waals surface area (Å²) in [5, 5.41) is 7.23. The van der Waals surface area contributed by atoms with Gasteiger partial charge >= 0.3 is 0 Å². The van der Waals surface area contributed by atoms with Gasteiger partial charge in [0, 0.05) is 26.1 Å². The monoisotopic (exact) mass is 297 g/mol. The molecule has 0 bridgehead atoms. The Balaban J connectivity index is 1.89. The third kappa shape index (κ3) is 3.38. The lowest BCUT2D eigenvalue weighted by atomic mass is 10.4. The first kappa shape index (κ1) is 11.8. The number of nitrogen functional groups attached to an aromatic ring is 1. The molecule has 0 saturated heterocycles. The summed E-state index contributed by atoms with van der Waals surface area (Å²) >= 11 is 3.25. The number of aryl methyl sites for hydroxylation is 1. The summed E-state index contributed by atoms with van der Waals surface area (Å²) in [6, 6.07) is 1.64. The zero-order chi connectivity index (χ0) is 12.3. The molecule has 0 spiro atoms. The molecule has 0 unspecified atom stereocenters. The molecule has 2 aromatic heterocycles. The van der Waals surface area contributed by atoms with E-state index in [4.69, 9.17) is 5.73 Å². The van der Waals surface area contributed by atoms with E-state index in [2.05, 4.69) is 41.3 Å². The van der Waals surface area contributed by atoms with Gasteiger partial charge in [-0.05, 0) is 15.9 Å². The first-order valence-corrected chi connectivity index (χ1v) is 5.81. The molecule has 3 N–H and O–H groups in total. The molecular formula is C9H12BrN7. The smallest absolute Gasteiger partial charge is 0.225 e. The van der Waals surface area contributed by atoms with Crippen molar-refractivity contribution in [2.24, 2.45) is 7.05 Å². The van der Waals surface area contributed by atoms with E-state index in [9.17, 15) is 0 Å². The Bertz CT molecular complexity index is 490. The Hall–Kier alpha value is -1.70. The second kappa shape index (κ2) is 5.09. The summed E-state index contributed by atoms with van der Waals surface area (Å²) in [7, 11) is 1.84. The van der Waals surface area contributed by atoms with Crippen LogP contribution >= 0.6 is 15.9 Å². The number of hydrogen-bond acceptors (Lipinski definition) is 6. The highest BCUT2D eigenvalue weighted by Crippen LogP contribution is 2.12. The van der Waals surface area contributed by atoms with E-state index >= 15 is 0 Å². The number of rotatable bonds is 4. The molecule has 0 fully saturated rings. The van der Waals surface area contributed by atoms with Gasteiger partial charge in [-0.25, -0.2) is 9.97 Å². The molecule has 2 heterocycles. The van der Waals surface area contributed by atoms with Crippen LogP contribution in [-0.4, -0.2) is 31.3 Å². The van der Waals surface area contributed by atoms with E-state index in [0.29, 0.717) is 29.3 Å². The van der Waals surface area contributed by atoms with Crippen molar-refractivity contribution in [1.82, 2.24) is 24.7 Å². The molecule has 90 valence electrons. The van der Waals surface area contributed by atoms with Crippen LogP contribution in [0.5, 0.6) is 0 Å². The minimum atomic E-state index is 0.422. The van der Waals surface area contributed by atoms with Gasteiger partial charge < -0.3 is 11.1 Å². The fourth-order valence-corrected chi connectivity index (χ4v) is 1.70. The van der Waals surface area contributed by atoms with Crippen LogP contribution in [0.15, 0.2) is 17.0 Å². The summed E-state index contributed by atoms with van der Waals surface area (Å²) in [6.07, 6.45) is 2.37. The molecule has 7 nitrogen and oxygen atoms in total. The van der Waals surface area contributed by atoms with Crippen molar-refractivity contribution >= 4 is 27.7 Å². The van der Waals surface area contributed by atoms with Crippen LogP contribution < -0.4 is 11.1 Å². The normalized spacial score (nSPS) is 10.5. The van der Waals surface area contributed by atoms with Crippen LogP contribution in [0.1, 0.15) is 5.82 Å². The number of hydrogen-bond donors (Lipinski definition) is 2. The molecule has 0 saturated carbocycles. The Morgan fingerprint density at radius 2 is 2.29 bits per heavy atom. The standard InChI is InChI=1S/C9H12BrN7/c1-17-5-13-8(16-17)2-3-12-9-14-6(10)4-7(11)15-9/h4-5H,2-3H2,1H3,(H3,11,12,14,15). The Morgan fingerprint density at radius 3 is 2.94 bits per heavy atom. The fraction of sp³-hybridized carbons (Fsp3) is 0.333. The van der Waals surface area contributed by atoms with E-state index in [1.54, 1.807) is 17.1 Å². The van der Waals surface area contributed by atoms with Gasteiger partial charge in [-0.1, -0.05) is 0 Å². The highest BCUT2D eigenvalue weighted by molar-refractivity contribution is 9.10. The zero-order valence-electron chi connectivity index (χ0n) is 9.26. The van der Waals surface area contributed by atoms with Crippen LogP contribution in [0.3, 0.4) is 0 Å². The Morgan fingerprint density at radius 1 is 1.47 bits per heavy atom. The minimum absolute atomic E-state index is 0.422. The first-order chi connectivity index (χ1) is 8.13. The molecule has 0 aliphatic rings. The van der Waals surface area contributed by atoms with E-state index in [1.165, 1.54) is 0 Å². The zero-order valence-corrected chi connectivity index (χ0v) is 10.8. The number of anilines is 2. The Kier molecular flexibility index (Phi) is 3.52. The van der Waals surface area contributed by atoms with Gasteiger partial charge in [0.05, 0.1) is 0 Å². The topological polar surface area (TPSA) is 94.5 Å². The molecule has 0 aromatic carbocycles. The third-order valence-electron chi connectivity index (χ3n) is 1.99. The Labute approximate surface area is 107 Å². The number of nitrogens with one attached hydrogen (secondary N) is 1. The highest BCUT2D eigenvalue weighted by Gasteiger charge is 2.02. The molecule has 0 atom stereocenters. The van der Waals surface area contributed by atoms with Gasteiger partial charge in [0.2, 0.25) is 5.95 Å². The van der Waals surface area contributed by atoms with E-state index in [0.717, 1.165) is 5.82 Å². The number of nitrogens with zero attached hydrogens (tertiary/aromatic N) is 5.